The van der Waals surface area contributed by atoms with Crippen molar-refractivity contribution in [2.24, 2.45) is 5.73 Å². The monoisotopic (exact) mass is 293 g/mol. The SMILES string of the molecule is N/C(=C\C(=O)NC1CCCCC1)C(=O)NC1CCCCC1. The van der Waals surface area contributed by atoms with Gasteiger partial charge in [-0.05, 0) is 25.7 Å². The molecule has 2 aliphatic rings. The Morgan fingerprint density at radius 2 is 1.29 bits per heavy atom. The van der Waals surface area contributed by atoms with Crippen LogP contribution in [0.1, 0.15) is 64.2 Å². The van der Waals surface area contributed by atoms with E-state index in [1.54, 1.807) is 0 Å². The average Bonchev–Trinajstić information content (AvgIpc) is 2.49. The molecule has 2 amide bonds. The summed E-state index contributed by atoms with van der Waals surface area (Å²) in [6.45, 7) is 0. The van der Waals surface area contributed by atoms with E-state index in [9.17, 15) is 9.59 Å². The molecule has 0 aliphatic heterocycles. The molecule has 5 nitrogen and oxygen atoms in total. The molecule has 0 bridgehead atoms. The van der Waals surface area contributed by atoms with Gasteiger partial charge < -0.3 is 16.4 Å². The van der Waals surface area contributed by atoms with Gasteiger partial charge in [0.15, 0.2) is 0 Å². The maximum Gasteiger partial charge on any atom is 0.267 e. The normalized spacial score (nSPS) is 21.8. The highest BCUT2D eigenvalue weighted by atomic mass is 16.2. The lowest BCUT2D eigenvalue weighted by molar-refractivity contribution is -0.120. The van der Waals surface area contributed by atoms with Crippen molar-refractivity contribution < 1.29 is 9.59 Å². The van der Waals surface area contributed by atoms with Crippen LogP contribution in [0.2, 0.25) is 0 Å². The third kappa shape index (κ3) is 5.40. The zero-order valence-corrected chi connectivity index (χ0v) is 12.7. The number of amides is 2. The van der Waals surface area contributed by atoms with E-state index in [0.717, 1.165) is 51.4 Å². The predicted octanol–water partition coefficient (Wildman–Crippen LogP) is 1.73. The minimum Gasteiger partial charge on any atom is -0.394 e. The van der Waals surface area contributed by atoms with Gasteiger partial charge in [-0.25, -0.2) is 0 Å². The Labute approximate surface area is 126 Å². The van der Waals surface area contributed by atoms with Crippen molar-refractivity contribution in [2.45, 2.75) is 76.3 Å². The summed E-state index contributed by atoms with van der Waals surface area (Å²) < 4.78 is 0. The van der Waals surface area contributed by atoms with Crippen LogP contribution < -0.4 is 16.4 Å². The molecule has 0 atom stereocenters. The van der Waals surface area contributed by atoms with Crippen molar-refractivity contribution in [3.05, 3.63) is 11.8 Å². The van der Waals surface area contributed by atoms with E-state index in [-0.39, 0.29) is 29.6 Å². The molecular formula is C16H27N3O2. The summed E-state index contributed by atoms with van der Waals surface area (Å²) in [4.78, 5) is 23.8. The van der Waals surface area contributed by atoms with E-state index in [1.807, 2.05) is 0 Å². The van der Waals surface area contributed by atoms with Crippen LogP contribution in [0, 0.1) is 0 Å². The van der Waals surface area contributed by atoms with Crippen LogP contribution in [0.3, 0.4) is 0 Å². The van der Waals surface area contributed by atoms with E-state index >= 15 is 0 Å². The molecule has 4 N–H and O–H groups in total. The van der Waals surface area contributed by atoms with Crippen LogP contribution in [0.15, 0.2) is 11.8 Å². The molecule has 118 valence electrons. The van der Waals surface area contributed by atoms with Gasteiger partial charge in [0.1, 0.15) is 5.70 Å². The quantitative estimate of drug-likeness (QED) is 0.690. The Bertz CT molecular complexity index is 394. The minimum atomic E-state index is -0.319. The third-order valence-corrected chi connectivity index (χ3v) is 4.44. The second kappa shape index (κ2) is 8.05. The standard InChI is InChI=1S/C16H27N3O2/c17-14(16(21)19-13-9-5-2-6-10-13)11-15(20)18-12-7-3-1-4-8-12/h11-13H,1-10,17H2,(H,18,20)(H,19,21)/b14-11-. The molecule has 2 fully saturated rings. The van der Waals surface area contributed by atoms with Crippen LogP contribution >= 0.6 is 0 Å². The zero-order chi connectivity index (χ0) is 15.1. The van der Waals surface area contributed by atoms with Crippen LogP contribution in [-0.4, -0.2) is 23.9 Å². The van der Waals surface area contributed by atoms with Crippen LogP contribution in [-0.2, 0) is 9.59 Å². The van der Waals surface area contributed by atoms with Crippen molar-refractivity contribution in [3.63, 3.8) is 0 Å². The number of hydrogen-bond donors (Lipinski definition) is 3. The summed E-state index contributed by atoms with van der Waals surface area (Å²) in [5, 5.41) is 5.85. The molecule has 2 saturated carbocycles. The van der Waals surface area contributed by atoms with Gasteiger partial charge in [-0.2, -0.15) is 0 Å². The molecule has 0 aromatic heterocycles. The zero-order valence-electron chi connectivity index (χ0n) is 12.7. The molecular weight excluding hydrogens is 266 g/mol. The molecule has 0 aromatic carbocycles. The highest BCUT2D eigenvalue weighted by Crippen LogP contribution is 2.18. The Morgan fingerprint density at radius 3 is 1.81 bits per heavy atom. The molecule has 0 saturated heterocycles. The number of hydrogen-bond acceptors (Lipinski definition) is 3. The highest BCUT2D eigenvalue weighted by molar-refractivity contribution is 6.00. The van der Waals surface area contributed by atoms with E-state index in [1.165, 1.54) is 18.9 Å². The van der Waals surface area contributed by atoms with Crippen molar-refractivity contribution in [1.82, 2.24) is 10.6 Å². The molecule has 2 aliphatic carbocycles. The topological polar surface area (TPSA) is 84.2 Å². The fraction of sp³-hybridized carbons (Fsp3) is 0.750. The number of carbonyl (C=O) groups is 2. The van der Waals surface area contributed by atoms with Gasteiger partial charge in [-0.15, -0.1) is 0 Å². The summed E-state index contributed by atoms with van der Waals surface area (Å²) in [6.07, 6.45) is 12.4. The van der Waals surface area contributed by atoms with Gasteiger partial charge in [-0.1, -0.05) is 38.5 Å². The van der Waals surface area contributed by atoms with Gasteiger partial charge in [0.2, 0.25) is 5.91 Å². The van der Waals surface area contributed by atoms with E-state index in [0.29, 0.717) is 0 Å². The summed E-state index contributed by atoms with van der Waals surface area (Å²) in [6, 6.07) is 0.441. The molecule has 21 heavy (non-hydrogen) atoms. The lowest BCUT2D eigenvalue weighted by Gasteiger charge is -2.23. The third-order valence-electron chi connectivity index (χ3n) is 4.44. The molecule has 2 rings (SSSR count). The summed E-state index contributed by atoms with van der Waals surface area (Å²) in [7, 11) is 0. The lowest BCUT2D eigenvalue weighted by atomic mass is 9.95. The first kappa shape index (κ1) is 15.9. The van der Waals surface area contributed by atoms with Crippen molar-refractivity contribution in [3.8, 4) is 0 Å². The Hall–Kier alpha value is -1.52. The lowest BCUT2D eigenvalue weighted by Crippen LogP contribution is -2.40. The number of nitrogens with two attached hydrogens (primary N) is 1. The van der Waals surface area contributed by atoms with Crippen LogP contribution in [0.5, 0.6) is 0 Å². The molecule has 5 heteroatoms. The molecule has 0 spiro atoms. The molecule has 0 aromatic rings. The van der Waals surface area contributed by atoms with Crippen molar-refractivity contribution in [1.29, 1.82) is 0 Å². The maximum absolute atomic E-state index is 12.0. The van der Waals surface area contributed by atoms with Gasteiger partial charge in [0, 0.05) is 18.2 Å². The van der Waals surface area contributed by atoms with Crippen molar-refractivity contribution in [2.75, 3.05) is 0 Å². The highest BCUT2D eigenvalue weighted by Gasteiger charge is 2.18. The molecule has 0 radical (unpaired) electrons. The van der Waals surface area contributed by atoms with E-state index < -0.39 is 0 Å². The fourth-order valence-corrected chi connectivity index (χ4v) is 3.21. The smallest absolute Gasteiger partial charge is 0.267 e. The first-order chi connectivity index (χ1) is 10.1. The van der Waals surface area contributed by atoms with Gasteiger partial charge in [0.25, 0.3) is 5.91 Å². The first-order valence-corrected chi connectivity index (χ1v) is 8.23. The van der Waals surface area contributed by atoms with Gasteiger partial charge >= 0.3 is 0 Å². The minimum absolute atomic E-state index is 0.00822. The van der Waals surface area contributed by atoms with Crippen molar-refractivity contribution >= 4 is 11.8 Å². The van der Waals surface area contributed by atoms with Crippen LogP contribution in [0.25, 0.3) is 0 Å². The maximum atomic E-state index is 12.0. The largest absolute Gasteiger partial charge is 0.394 e. The number of rotatable bonds is 4. The van der Waals surface area contributed by atoms with E-state index in [4.69, 9.17) is 5.73 Å². The summed E-state index contributed by atoms with van der Waals surface area (Å²) in [5.41, 5.74) is 5.74. The first-order valence-electron chi connectivity index (χ1n) is 8.23. The summed E-state index contributed by atoms with van der Waals surface area (Å²) in [5.74, 6) is -0.570. The van der Waals surface area contributed by atoms with Gasteiger partial charge in [0.05, 0.1) is 0 Å². The predicted molar refractivity (Wildman–Crippen MR) is 82.3 cm³/mol. The number of carbonyl (C=O) groups excluding carboxylic acids is 2. The molecule has 0 heterocycles. The second-order valence-electron chi connectivity index (χ2n) is 6.25. The van der Waals surface area contributed by atoms with Crippen LogP contribution in [0.4, 0.5) is 0 Å². The number of nitrogens with one attached hydrogen (secondary N) is 2. The molecule has 0 unspecified atom stereocenters. The average molecular weight is 293 g/mol. The Balaban J connectivity index is 1.77. The second-order valence-corrected chi connectivity index (χ2v) is 6.25. The Kier molecular flexibility index (Phi) is 6.08. The fourth-order valence-electron chi connectivity index (χ4n) is 3.21. The Morgan fingerprint density at radius 1 is 0.810 bits per heavy atom. The van der Waals surface area contributed by atoms with Gasteiger partial charge in [-0.3, -0.25) is 9.59 Å². The summed E-state index contributed by atoms with van der Waals surface area (Å²) >= 11 is 0. The van der Waals surface area contributed by atoms with E-state index in [2.05, 4.69) is 10.6 Å².